The molecule has 1 aromatic carbocycles. The van der Waals surface area contributed by atoms with Crippen molar-refractivity contribution in [3.8, 4) is 0 Å². The number of nitrogens with one attached hydrogen (secondary N) is 1. The van der Waals surface area contributed by atoms with Gasteiger partial charge in [-0.2, -0.15) is 0 Å². The zero-order valence-electron chi connectivity index (χ0n) is 16.5. The van der Waals surface area contributed by atoms with Crippen LogP contribution in [0.15, 0.2) is 24.3 Å². The molecule has 1 aliphatic rings. The molecular formula is C21H32FN3O2. The first-order valence-corrected chi connectivity index (χ1v) is 10.1. The van der Waals surface area contributed by atoms with Crippen LogP contribution in [0.3, 0.4) is 0 Å². The molecule has 1 N–H and O–H groups in total. The summed E-state index contributed by atoms with van der Waals surface area (Å²) < 4.78 is 13.6. The first kappa shape index (κ1) is 21.4. The standard InChI is InChI=1S/C21H32FN3O2/c1-3-12-24(13-4-2)20(26)9-6-10-21(27)25-14-11-23-16-19(25)17-7-5-8-18(22)15-17/h5,7-8,15,19,23H,3-4,6,9-14,16H2,1-2H3. The van der Waals surface area contributed by atoms with E-state index in [0.29, 0.717) is 32.4 Å². The van der Waals surface area contributed by atoms with Gasteiger partial charge in [0.1, 0.15) is 5.82 Å². The average molecular weight is 378 g/mol. The Morgan fingerprint density at radius 2 is 1.96 bits per heavy atom. The van der Waals surface area contributed by atoms with Crippen molar-refractivity contribution in [2.45, 2.75) is 52.0 Å². The number of amides is 2. The van der Waals surface area contributed by atoms with Gasteiger partial charge in [-0.05, 0) is 37.0 Å². The van der Waals surface area contributed by atoms with E-state index in [0.717, 1.165) is 38.0 Å². The van der Waals surface area contributed by atoms with Crippen LogP contribution in [0.5, 0.6) is 0 Å². The summed E-state index contributed by atoms with van der Waals surface area (Å²) in [5.74, 6) is -0.118. The molecular weight excluding hydrogens is 345 g/mol. The zero-order valence-corrected chi connectivity index (χ0v) is 16.5. The van der Waals surface area contributed by atoms with Crippen LogP contribution in [0, 0.1) is 5.82 Å². The van der Waals surface area contributed by atoms with Crippen LogP contribution in [-0.2, 0) is 9.59 Å². The Balaban J connectivity index is 1.90. The first-order valence-electron chi connectivity index (χ1n) is 10.1. The van der Waals surface area contributed by atoms with Gasteiger partial charge >= 0.3 is 0 Å². The van der Waals surface area contributed by atoms with Crippen molar-refractivity contribution in [1.82, 2.24) is 15.1 Å². The first-order chi connectivity index (χ1) is 13.1. The summed E-state index contributed by atoms with van der Waals surface area (Å²) in [5.41, 5.74) is 0.809. The minimum absolute atomic E-state index is 0.0381. The van der Waals surface area contributed by atoms with Gasteiger partial charge < -0.3 is 15.1 Å². The van der Waals surface area contributed by atoms with Gasteiger partial charge in [-0.15, -0.1) is 0 Å². The smallest absolute Gasteiger partial charge is 0.223 e. The Kier molecular flexibility index (Phi) is 8.72. The van der Waals surface area contributed by atoms with Crippen LogP contribution in [0.25, 0.3) is 0 Å². The molecule has 0 radical (unpaired) electrons. The molecule has 1 atom stereocenters. The van der Waals surface area contributed by atoms with Gasteiger partial charge in [0.15, 0.2) is 0 Å². The van der Waals surface area contributed by atoms with Crippen LogP contribution in [0.4, 0.5) is 4.39 Å². The lowest BCUT2D eigenvalue weighted by molar-refractivity contribution is -0.135. The number of nitrogens with zero attached hydrogens (tertiary/aromatic N) is 2. The van der Waals surface area contributed by atoms with Crippen LogP contribution in [0.2, 0.25) is 0 Å². The molecule has 2 rings (SSSR count). The van der Waals surface area contributed by atoms with Crippen molar-refractivity contribution in [2.75, 3.05) is 32.7 Å². The highest BCUT2D eigenvalue weighted by molar-refractivity contribution is 5.79. The maximum atomic E-state index is 13.6. The van der Waals surface area contributed by atoms with Gasteiger partial charge in [0, 0.05) is 45.6 Å². The van der Waals surface area contributed by atoms with E-state index < -0.39 is 0 Å². The number of piperazine rings is 1. The minimum Gasteiger partial charge on any atom is -0.343 e. The Morgan fingerprint density at radius 3 is 2.63 bits per heavy atom. The summed E-state index contributed by atoms with van der Waals surface area (Å²) in [6, 6.07) is 6.29. The van der Waals surface area contributed by atoms with Crippen molar-refractivity contribution in [2.24, 2.45) is 0 Å². The summed E-state index contributed by atoms with van der Waals surface area (Å²) >= 11 is 0. The third-order valence-corrected chi connectivity index (χ3v) is 4.92. The highest BCUT2D eigenvalue weighted by Gasteiger charge is 2.27. The lowest BCUT2D eigenvalue weighted by Gasteiger charge is -2.36. The maximum Gasteiger partial charge on any atom is 0.223 e. The predicted octanol–water partition coefficient (Wildman–Crippen LogP) is 3.12. The fourth-order valence-electron chi connectivity index (χ4n) is 3.61. The molecule has 0 spiro atoms. The lowest BCUT2D eigenvalue weighted by atomic mass is 10.0. The number of rotatable bonds is 9. The number of hydrogen-bond acceptors (Lipinski definition) is 3. The van der Waals surface area contributed by atoms with Crippen molar-refractivity contribution in [3.63, 3.8) is 0 Å². The molecule has 1 unspecified atom stereocenters. The number of halogens is 1. The van der Waals surface area contributed by atoms with Crippen molar-refractivity contribution < 1.29 is 14.0 Å². The average Bonchev–Trinajstić information content (AvgIpc) is 2.67. The molecule has 1 aromatic rings. The van der Waals surface area contributed by atoms with E-state index in [1.54, 1.807) is 6.07 Å². The monoisotopic (exact) mass is 377 g/mol. The normalized spacial score (nSPS) is 17.0. The fraction of sp³-hybridized carbons (Fsp3) is 0.619. The van der Waals surface area contributed by atoms with E-state index in [1.807, 2.05) is 15.9 Å². The molecule has 5 nitrogen and oxygen atoms in total. The number of hydrogen-bond donors (Lipinski definition) is 1. The molecule has 0 saturated carbocycles. The maximum absolute atomic E-state index is 13.6. The Morgan fingerprint density at radius 1 is 1.22 bits per heavy atom. The number of carbonyl (C=O) groups excluding carboxylic acids is 2. The Bertz CT molecular complexity index is 617. The lowest BCUT2D eigenvalue weighted by Crippen LogP contribution is -2.48. The molecule has 2 amide bonds. The fourth-order valence-corrected chi connectivity index (χ4v) is 3.61. The second-order valence-corrected chi connectivity index (χ2v) is 7.10. The van der Waals surface area contributed by atoms with E-state index in [4.69, 9.17) is 0 Å². The van der Waals surface area contributed by atoms with Crippen molar-refractivity contribution in [1.29, 1.82) is 0 Å². The second-order valence-electron chi connectivity index (χ2n) is 7.10. The van der Waals surface area contributed by atoms with Gasteiger partial charge in [-0.1, -0.05) is 26.0 Å². The van der Waals surface area contributed by atoms with Crippen molar-refractivity contribution in [3.05, 3.63) is 35.6 Å². The number of benzene rings is 1. The third kappa shape index (κ3) is 6.31. The quantitative estimate of drug-likeness (QED) is 0.719. The minimum atomic E-state index is -0.289. The van der Waals surface area contributed by atoms with Gasteiger partial charge in [-0.3, -0.25) is 9.59 Å². The van der Waals surface area contributed by atoms with Crippen LogP contribution in [-0.4, -0.2) is 54.3 Å². The third-order valence-electron chi connectivity index (χ3n) is 4.92. The molecule has 6 heteroatoms. The van der Waals surface area contributed by atoms with Crippen molar-refractivity contribution >= 4 is 11.8 Å². The SMILES string of the molecule is CCCN(CCC)C(=O)CCCC(=O)N1CCNCC1c1cccc(F)c1. The molecule has 27 heavy (non-hydrogen) atoms. The van der Waals surface area contributed by atoms with Gasteiger partial charge in [0.25, 0.3) is 0 Å². The second kappa shape index (κ2) is 11.0. The molecule has 150 valence electrons. The summed E-state index contributed by atoms with van der Waals surface area (Å²) in [6.07, 6.45) is 3.20. The Labute approximate surface area is 161 Å². The molecule has 0 aromatic heterocycles. The summed E-state index contributed by atoms with van der Waals surface area (Å²) in [6.45, 7) is 7.64. The molecule has 1 saturated heterocycles. The predicted molar refractivity (Wildman–Crippen MR) is 105 cm³/mol. The molecule has 1 aliphatic heterocycles. The van der Waals surface area contributed by atoms with E-state index in [-0.39, 0.29) is 23.7 Å². The zero-order chi connectivity index (χ0) is 19.6. The summed E-state index contributed by atoms with van der Waals surface area (Å²) in [4.78, 5) is 28.8. The topological polar surface area (TPSA) is 52.7 Å². The molecule has 0 bridgehead atoms. The Hall–Kier alpha value is -1.95. The molecule has 1 heterocycles. The molecule has 1 fully saturated rings. The van der Waals surface area contributed by atoms with Crippen LogP contribution < -0.4 is 5.32 Å². The van der Waals surface area contributed by atoms with Gasteiger partial charge in [-0.25, -0.2) is 4.39 Å². The highest BCUT2D eigenvalue weighted by Crippen LogP contribution is 2.24. The van der Waals surface area contributed by atoms with Crippen LogP contribution in [0.1, 0.15) is 57.6 Å². The van der Waals surface area contributed by atoms with E-state index >= 15 is 0 Å². The highest BCUT2D eigenvalue weighted by atomic mass is 19.1. The van der Waals surface area contributed by atoms with E-state index in [9.17, 15) is 14.0 Å². The molecule has 0 aliphatic carbocycles. The van der Waals surface area contributed by atoms with E-state index in [1.165, 1.54) is 12.1 Å². The van der Waals surface area contributed by atoms with E-state index in [2.05, 4.69) is 19.2 Å². The van der Waals surface area contributed by atoms with Gasteiger partial charge in [0.2, 0.25) is 11.8 Å². The number of carbonyl (C=O) groups is 2. The van der Waals surface area contributed by atoms with Crippen LogP contribution >= 0.6 is 0 Å². The summed E-state index contributed by atoms with van der Waals surface area (Å²) in [5, 5.41) is 3.28. The summed E-state index contributed by atoms with van der Waals surface area (Å²) in [7, 11) is 0. The van der Waals surface area contributed by atoms with Gasteiger partial charge in [0.05, 0.1) is 6.04 Å². The largest absolute Gasteiger partial charge is 0.343 e.